The third-order valence-electron chi connectivity index (χ3n) is 5.91. The van der Waals surface area contributed by atoms with Gasteiger partial charge in [0.1, 0.15) is 5.75 Å². The summed E-state index contributed by atoms with van der Waals surface area (Å²) in [5.41, 5.74) is 0.806. The number of ether oxygens (including phenoxy) is 1. The van der Waals surface area contributed by atoms with Crippen molar-refractivity contribution in [3.8, 4) is 5.75 Å². The second-order valence-corrected chi connectivity index (χ2v) is 10.4. The Bertz CT molecular complexity index is 956. The van der Waals surface area contributed by atoms with Crippen molar-refractivity contribution < 1.29 is 22.5 Å². The first kappa shape index (κ1) is 22.8. The number of hydrogen-bond donors (Lipinski definition) is 0. The summed E-state index contributed by atoms with van der Waals surface area (Å²) in [6.45, 7) is 10.5. The maximum atomic E-state index is 13.2. The van der Waals surface area contributed by atoms with Gasteiger partial charge in [-0.25, -0.2) is 8.42 Å². The SMILES string of the molecule is CCN(Cc1ccc(OC)cc1)S(=O)(=O)c1ccc(B2OC(C)(C)C(C)(C)O2)cc1. The van der Waals surface area contributed by atoms with Crippen LogP contribution in [0.3, 0.4) is 0 Å². The molecule has 1 aliphatic heterocycles. The Kier molecular flexibility index (Phi) is 6.34. The summed E-state index contributed by atoms with van der Waals surface area (Å²) in [6, 6.07) is 14.2. The molecule has 1 saturated heterocycles. The van der Waals surface area contributed by atoms with E-state index >= 15 is 0 Å². The number of rotatable bonds is 7. The van der Waals surface area contributed by atoms with Gasteiger partial charge in [-0.1, -0.05) is 31.2 Å². The van der Waals surface area contributed by atoms with Crippen LogP contribution in [0.1, 0.15) is 40.2 Å². The zero-order valence-corrected chi connectivity index (χ0v) is 19.3. The average molecular weight is 431 g/mol. The summed E-state index contributed by atoms with van der Waals surface area (Å²) in [5.74, 6) is 0.739. The lowest BCUT2D eigenvalue weighted by atomic mass is 9.79. The van der Waals surface area contributed by atoms with Gasteiger partial charge in [0.2, 0.25) is 10.0 Å². The molecule has 0 N–H and O–H groups in total. The van der Waals surface area contributed by atoms with E-state index < -0.39 is 28.3 Å². The molecule has 0 radical (unpaired) electrons. The van der Waals surface area contributed by atoms with E-state index in [0.29, 0.717) is 13.1 Å². The lowest BCUT2D eigenvalue weighted by Gasteiger charge is -2.32. The van der Waals surface area contributed by atoms with Gasteiger partial charge in [-0.2, -0.15) is 4.31 Å². The Balaban J connectivity index is 1.78. The van der Waals surface area contributed by atoms with Crippen LogP contribution in [0, 0.1) is 0 Å². The van der Waals surface area contributed by atoms with Crippen LogP contribution in [0.4, 0.5) is 0 Å². The molecule has 0 amide bonds. The molecule has 0 aliphatic carbocycles. The molecule has 0 atom stereocenters. The third kappa shape index (κ3) is 4.42. The summed E-state index contributed by atoms with van der Waals surface area (Å²) in [4.78, 5) is 0.248. The van der Waals surface area contributed by atoms with Gasteiger partial charge >= 0.3 is 7.12 Å². The Morgan fingerprint density at radius 3 is 1.93 bits per heavy atom. The van der Waals surface area contributed by atoms with Gasteiger partial charge in [-0.15, -0.1) is 0 Å². The van der Waals surface area contributed by atoms with E-state index in [1.165, 1.54) is 4.31 Å². The summed E-state index contributed by atoms with van der Waals surface area (Å²) in [7, 11) is -2.55. The normalized spacial score (nSPS) is 18.0. The quantitative estimate of drug-likeness (QED) is 0.630. The van der Waals surface area contributed by atoms with Crippen molar-refractivity contribution in [2.45, 2.75) is 57.3 Å². The van der Waals surface area contributed by atoms with E-state index in [1.54, 1.807) is 31.4 Å². The highest BCUT2D eigenvalue weighted by molar-refractivity contribution is 7.89. The molecule has 1 fully saturated rings. The van der Waals surface area contributed by atoms with Crippen molar-refractivity contribution in [2.75, 3.05) is 13.7 Å². The first-order valence-electron chi connectivity index (χ1n) is 10.1. The van der Waals surface area contributed by atoms with Crippen LogP contribution in [0.5, 0.6) is 5.75 Å². The summed E-state index contributed by atoms with van der Waals surface area (Å²) < 4.78 is 45.1. The highest BCUT2D eigenvalue weighted by Gasteiger charge is 2.51. The van der Waals surface area contributed by atoms with Gasteiger partial charge in [-0.05, 0) is 63.0 Å². The molecule has 0 bridgehead atoms. The fraction of sp³-hybridized carbons (Fsp3) is 0.455. The molecule has 1 aliphatic rings. The molecule has 6 nitrogen and oxygen atoms in total. The van der Waals surface area contributed by atoms with Gasteiger partial charge < -0.3 is 14.0 Å². The lowest BCUT2D eigenvalue weighted by Crippen LogP contribution is -2.41. The van der Waals surface area contributed by atoms with E-state index in [1.807, 2.05) is 58.9 Å². The highest BCUT2D eigenvalue weighted by Crippen LogP contribution is 2.36. The minimum absolute atomic E-state index is 0.248. The van der Waals surface area contributed by atoms with Crippen molar-refractivity contribution in [3.63, 3.8) is 0 Å². The molecule has 0 spiro atoms. The molecule has 162 valence electrons. The Labute approximate surface area is 180 Å². The molecule has 0 aromatic heterocycles. The van der Waals surface area contributed by atoms with E-state index in [0.717, 1.165) is 16.8 Å². The maximum absolute atomic E-state index is 13.2. The van der Waals surface area contributed by atoms with Crippen molar-refractivity contribution in [1.29, 1.82) is 0 Å². The predicted octanol–water partition coefficient (Wildman–Crippen LogP) is 3.21. The van der Waals surface area contributed by atoms with Gasteiger partial charge in [-0.3, -0.25) is 0 Å². The Morgan fingerprint density at radius 2 is 1.47 bits per heavy atom. The minimum Gasteiger partial charge on any atom is -0.497 e. The van der Waals surface area contributed by atoms with Crippen LogP contribution >= 0.6 is 0 Å². The molecule has 1 heterocycles. The van der Waals surface area contributed by atoms with Gasteiger partial charge in [0, 0.05) is 13.1 Å². The van der Waals surface area contributed by atoms with Crippen LogP contribution in [-0.2, 0) is 25.9 Å². The van der Waals surface area contributed by atoms with Gasteiger partial charge in [0.15, 0.2) is 0 Å². The molecule has 2 aromatic rings. The van der Waals surface area contributed by atoms with Crippen molar-refractivity contribution in [3.05, 3.63) is 54.1 Å². The number of nitrogens with zero attached hydrogens (tertiary/aromatic N) is 1. The van der Waals surface area contributed by atoms with E-state index in [9.17, 15) is 8.42 Å². The summed E-state index contributed by atoms with van der Waals surface area (Å²) in [5, 5.41) is 0. The second kappa shape index (κ2) is 8.34. The van der Waals surface area contributed by atoms with Crippen molar-refractivity contribution in [2.24, 2.45) is 0 Å². The number of sulfonamides is 1. The molecule has 8 heteroatoms. The van der Waals surface area contributed by atoms with Crippen LogP contribution in [-0.4, -0.2) is 44.7 Å². The van der Waals surface area contributed by atoms with Crippen LogP contribution < -0.4 is 10.2 Å². The summed E-state index contributed by atoms with van der Waals surface area (Å²) in [6.07, 6.45) is 0. The Hall–Kier alpha value is -1.87. The molecule has 30 heavy (non-hydrogen) atoms. The van der Waals surface area contributed by atoms with Crippen molar-refractivity contribution in [1.82, 2.24) is 4.31 Å². The smallest absolute Gasteiger partial charge is 0.494 e. The fourth-order valence-corrected chi connectivity index (χ4v) is 4.66. The van der Waals surface area contributed by atoms with E-state index in [-0.39, 0.29) is 4.90 Å². The fourth-order valence-electron chi connectivity index (χ4n) is 3.23. The van der Waals surface area contributed by atoms with Crippen LogP contribution in [0.15, 0.2) is 53.4 Å². The van der Waals surface area contributed by atoms with E-state index in [2.05, 4.69) is 0 Å². The molecule has 3 rings (SSSR count). The zero-order chi connectivity index (χ0) is 22.2. The lowest BCUT2D eigenvalue weighted by molar-refractivity contribution is 0.00578. The largest absolute Gasteiger partial charge is 0.497 e. The molecular formula is C22H30BNO5S. The minimum atomic E-state index is -3.63. The van der Waals surface area contributed by atoms with Crippen LogP contribution in [0.25, 0.3) is 0 Å². The zero-order valence-electron chi connectivity index (χ0n) is 18.5. The standard InChI is InChI=1S/C22H30BNO5S/c1-7-24(16-17-8-12-19(27-6)13-9-17)30(25,26)20-14-10-18(11-15-20)23-28-21(2,3)22(4,5)29-23/h8-15H,7,16H2,1-6H3. The predicted molar refractivity (Wildman–Crippen MR) is 118 cm³/mol. The average Bonchev–Trinajstić information content (AvgIpc) is 2.93. The van der Waals surface area contributed by atoms with Crippen molar-refractivity contribution >= 4 is 22.6 Å². The summed E-state index contributed by atoms with van der Waals surface area (Å²) >= 11 is 0. The first-order chi connectivity index (χ1) is 14.0. The number of benzene rings is 2. The number of hydrogen-bond acceptors (Lipinski definition) is 5. The van der Waals surface area contributed by atoms with Gasteiger partial charge in [0.25, 0.3) is 0 Å². The van der Waals surface area contributed by atoms with E-state index in [4.69, 9.17) is 14.0 Å². The van der Waals surface area contributed by atoms with Gasteiger partial charge in [0.05, 0.1) is 23.2 Å². The monoisotopic (exact) mass is 431 g/mol. The molecule has 0 unspecified atom stereocenters. The number of methoxy groups -OCH3 is 1. The second-order valence-electron chi connectivity index (χ2n) is 8.44. The third-order valence-corrected chi connectivity index (χ3v) is 7.85. The molecule has 2 aromatic carbocycles. The topological polar surface area (TPSA) is 65.1 Å². The maximum Gasteiger partial charge on any atom is 0.494 e. The Morgan fingerprint density at radius 1 is 0.933 bits per heavy atom. The molecular weight excluding hydrogens is 401 g/mol. The first-order valence-corrected chi connectivity index (χ1v) is 11.5. The molecule has 0 saturated carbocycles. The highest BCUT2D eigenvalue weighted by atomic mass is 32.2. The van der Waals surface area contributed by atoms with Crippen LogP contribution in [0.2, 0.25) is 0 Å².